The lowest BCUT2D eigenvalue weighted by Crippen LogP contribution is -2.55. The van der Waals surface area contributed by atoms with Crippen LogP contribution in [0.15, 0.2) is 0 Å². The Labute approximate surface area is 150 Å². The smallest absolute Gasteiger partial charge is 0.408 e. The number of likely N-dealkylation sites (N-methyl/N-ethyl adjacent to an activating group) is 1. The second-order valence-corrected chi connectivity index (χ2v) is 8.47. The normalized spacial score (nSPS) is 25.4. The molecule has 0 spiro atoms. The number of aldehydes is 1. The minimum atomic E-state index is -0.604. The lowest BCUT2D eigenvalue weighted by molar-refractivity contribution is -0.137. The van der Waals surface area contributed by atoms with Crippen LogP contribution in [0.5, 0.6) is 0 Å². The Morgan fingerprint density at radius 3 is 2.16 bits per heavy atom. The number of rotatable bonds is 5. The fourth-order valence-corrected chi connectivity index (χ4v) is 3.60. The van der Waals surface area contributed by atoms with E-state index in [0.29, 0.717) is 0 Å². The standard InChI is InChI=1S/C19H32N2O4/c1-19(2,3)25-18(24)20-16(14-10-8-13(12-22)9-11-14)17(23)21(4)15-6-5-7-15/h12-16H,5-11H2,1-4H3,(H,20,24)/t13?,14?,16-/m0/s1. The van der Waals surface area contributed by atoms with Crippen LogP contribution in [-0.4, -0.2) is 47.9 Å². The molecule has 1 atom stereocenters. The van der Waals surface area contributed by atoms with Gasteiger partial charge in [-0.15, -0.1) is 0 Å². The molecule has 2 fully saturated rings. The van der Waals surface area contributed by atoms with Crippen LogP contribution in [0.1, 0.15) is 65.7 Å². The highest BCUT2D eigenvalue weighted by Crippen LogP contribution is 2.32. The van der Waals surface area contributed by atoms with Gasteiger partial charge in [0.1, 0.15) is 17.9 Å². The molecule has 2 saturated carbocycles. The average molecular weight is 352 g/mol. The number of hydrogen-bond donors (Lipinski definition) is 1. The van der Waals surface area contributed by atoms with Gasteiger partial charge in [-0.3, -0.25) is 4.79 Å². The van der Waals surface area contributed by atoms with Crippen molar-refractivity contribution in [3.63, 3.8) is 0 Å². The first-order chi connectivity index (χ1) is 11.7. The first-order valence-corrected chi connectivity index (χ1v) is 9.42. The minimum Gasteiger partial charge on any atom is -0.444 e. The van der Waals surface area contributed by atoms with Crippen LogP contribution in [0, 0.1) is 11.8 Å². The fraction of sp³-hybridized carbons (Fsp3) is 0.842. The topological polar surface area (TPSA) is 75.7 Å². The van der Waals surface area contributed by atoms with E-state index in [1.165, 1.54) is 0 Å². The first kappa shape index (κ1) is 19.7. The summed E-state index contributed by atoms with van der Waals surface area (Å²) in [5.74, 6) is 0.0988. The van der Waals surface area contributed by atoms with Gasteiger partial charge in [0.15, 0.2) is 0 Å². The maximum absolute atomic E-state index is 13.0. The maximum atomic E-state index is 13.0. The van der Waals surface area contributed by atoms with Crippen LogP contribution >= 0.6 is 0 Å². The summed E-state index contributed by atoms with van der Waals surface area (Å²) in [5.41, 5.74) is -0.604. The van der Waals surface area contributed by atoms with E-state index in [9.17, 15) is 14.4 Å². The summed E-state index contributed by atoms with van der Waals surface area (Å²) in [4.78, 5) is 38.0. The number of alkyl carbamates (subject to hydrolysis) is 1. The molecule has 1 N–H and O–H groups in total. The van der Waals surface area contributed by atoms with Crippen LogP contribution in [-0.2, 0) is 14.3 Å². The number of amides is 2. The lowest BCUT2D eigenvalue weighted by atomic mass is 9.78. The zero-order valence-electron chi connectivity index (χ0n) is 15.9. The van der Waals surface area contributed by atoms with Crippen LogP contribution in [0.3, 0.4) is 0 Å². The molecule has 2 aliphatic rings. The Balaban J connectivity index is 2.06. The van der Waals surface area contributed by atoms with Gasteiger partial charge in [0.05, 0.1) is 0 Å². The van der Waals surface area contributed by atoms with Gasteiger partial charge in [0.25, 0.3) is 0 Å². The fourth-order valence-electron chi connectivity index (χ4n) is 3.60. The number of nitrogens with one attached hydrogen (secondary N) is 1. The molecule has 0 aromatic heterocycles. The number of nitrogens with zero attached hydrogens (tertiary/aromatic N) is 1. The van der Waals surface area contributed by atoms with E-state index in [0.717, 1.165) is 51.2 Å². The van der Waals surface area contributed by atoms with Crippen molar-refractivity contribution < 1.29 is 19.1 Å². The van der Waals surface area contributed by atoms with Crippen LogP contribution in [0.25, 0.3) is 0 Å². The van der Waals surface area contributed by atoms with Gasteiger partial charge in [-0.05, 0) is 71.6 Å². The molecule has 2 rings (SSSR count). The van der Waals surface area contributed by atoms with E-state index < -0.39 is 17.7 Å². The van der Waals surface area contributed by atoms with Crippen LogP contribution in [0.2, 0.25) is 0 Å². The van der Waals surface area contributed by atoms with Gasteiger partial charge in [-0.1, -0.05) is 0 Å². The Morgan fingerprint density at radius 2 is 1.72 bits per heavy atom. The summed E-state index contributed by atoms with van der Waals surface area (Å²) < 4.78 is 5.36. The average Bonchev–Trinajstić information content (AvgIpc) is 2.48. The Bertz CT molecular complexity index is 488. The van der Waals surface area contributed by atoms with E-state index in [-0.39, 0.29) is 23.8 Å². The largest absolute Gasteiger partial charge is 0.444 e. The highest BCUT2D eigenvalue weighted by Gasteiger charge is 2.38. The molecule has 0 unspecified atom stereocenters. The van der Waals surface area contributed by atoms with E-state index in [1.54, 1.807) is 25.7 Å². The minimum absolute atomic E-state index is 0.0369. The Hall–Kier alpha value is -1.59. The van der Waals surface area contributed by atoms with Crippen LogP contribution < -0.4 is 5.32 Å². The summed E-state index contributed by atoms with van der Waals surface area (Å²) in [6.45, 7) is 5.41. The molecule has 0 aliphatic heterocycles. The van der Waals surface area contributed by atoms with E-state index in [1.807, 2.05) is 7.05 Å². The molecule has 25 heavy (non-hydrogen) atoms. The summed E-state index contributed by atoms with van der Waals surface area (Å²) in [6.07, 6.45) is 6.76. The molecule has 0 radical (unpaired) electrons. The number of carbonyl (C=O) groups is 3. The molecule has 0 aromatic rings. The molecule has 6 nitrogen and oxygen atoms in total. The molecular weight excluding hydrogens is 320 g/mol. The van der Waals surface area contributed by atoms with Gasteiger partial charge in [-0.2, -0.15) is 0 Å². The molecule has 6 heteroatoms. The van der Waals surface area contributed by atoms with Gasteiger partial charge < -0.3 is 19.7 Å². The van der Waals surface area contributed by atoms with Crippen molar-refractivity contribution in [2.24, 2.45) is 11.8 Å². The van der Waals surface area contributed by atoms with Crippen molar-refractivity contribution >= 4 is 18.3 Å². The zero-order chi connectivity index (χ0) is 18.6. The third kappa shape index (κ3) is 5.44. The van der Waals surface area contributed by atoms with E-state index in [2.05, 4.69) is 5.32 Å². The molecule has 2 amide bonds. The van der Waals surface area contributed by atoms with Gasteiger partial charge in [0.2, 0.25) is 5.91 Å². The monoisotopic (exact) mass is 352 g/mol. The van der Waals surface area contributed by atoms with Gasteiger partial charge in [-0.25, -0.2) is 4.79 Å². The lowest BCUT2D eigenvalue weighted by Gasteiger charge is -2.39. The third-order valence-electron chi connectivity index (χ3n) is 5.39. The zero-order valence-corrected chi connectivity index (χ0v) is 15.9. The summed E-state index contributed by atoms with van der Waals surface area (Å²) in [6, 6.07) is -0.296. The Morgan fingerprint density at radius 1 is 1.12 bits per heavy atom. The number of hydrogen-bond acceptors (Lipinski definition) is 4. The quantitative estimate of drug-likeness (QED) is 0.772. The van der Waals surface area contributed by atoms with Crippen molar-refractivity contribution in [1.82, 2.24) is 10.2 Å². The highest BCUT2D eigenvalue weighted by molar-refractivity contribution is 5.86. The van der Waals surface area contributed by atoms with Crippen molar-refractivity contribution in [1.29, 1.82) is 0 Å². The first-order valence-electron chi connectivity index (χ1n) is 9.42. The molecule has 142 valence electrons. The van der Waals surface area contributed by atoms with Gasteiger partial charge in [0, 0.05) is 19.0 Å². The second-order valence-electron chi connectivity index (χ2n) is 8.47. The summed E-state index contributed by atoms with van der Waals surface area (Å²) in [7, 11) is 1.83. The molecular formula is C19H32N2O4. The molecule has 0 aromatic carbocycles. The van der Waals surface area contributed by atoms with Crippen molar-refractivity contribution in [3.05, 3.63) is 0 Å². The SMILES string of the molecule is CN(C(=O)[C@@H](NC(=O)OC(C)(C)C)C1CCC(C=O)CC1)C1CCC1. The summed E-state index contributed by atoms with van der Waals surface area (Å²) in [5, 5.41) is 2.82. The molecule has 2 aliphatic carbocycles. The second kappa shape index (κ2) is 8.19. The third-order valence-corrected chi connectivity index (χ3v) is 5.39. The van der Waals surface area contributed by atoms with Crippen LogP contribution in [0.4, 0.5) is 4.79 Å². The molecule has 0 heterocycles. The highest BCUT2D eigenvalue weighted by atomic mass is 16.6. The van der Waals surface area contributed by atoms with Crippen molar-refractivity contribution in [3.8, 4) is 0 Å². The molecule has 0 bridgehead atoms. The maximum Gasteiger partial charge on any atom is 0.408 e. The van der Waals surface area contributed by atoms with Crippen molar-refractivity contribution in [2.45, 2.75) is 83.4 Å². The van der Waals surface area contributed by atoms with Gasteiger partial charge >= 0.3 is 6.09 Å². The summed E-state index contributed by atoms with van der Waals surface area (Å²) >= 11 is 0. The predicted molar refractivity (Wildman–Crippen MR) is 95.1 cm³/mol. The predicted octanol–water partition coefficient (Wildman–Crippen LogP) is 2.90. The van der Waals surface area contributed by atoms with Crippen molar-refractivity contribution in [2.75, 3.05) is 7.05 Å². The Kier molecular flexibility index (Phi) is 6.47. The van der Waals surface area contributed by atoms with E-state index in [4.69, 9.17) is 4.74 Å². The van der Waals surface area contributed by atoms with E-state index >= 15 is 0 Å². The number of carbonyl (C=O) groups excluding carboxylic acids is 3. The number of ether oxygens (including phenoxy) is 1. The molecule has 0 saturated heterocycles.